The summed E-state index contributed by atoms with van der Waals surface area (Å²) < 4.78 is 14.2. The second-order valence-corrected chi connectivity index (χ2v) is 12.4. The number of aliphatic imine (C=N–C) groups is 1. The van der Waals surface area contributed by atoms with E-state index >= 15 is 0 Å². The minimum absolute atomic E-state index is 0.0706. The van der Waals surface area contributed by atoms with Crippen LogP contribution in [0.1, 0.15) is 41.2 Å². The fraction of sp³-hybridized carbons (Fsp3) is 0.222. The van der Waals surface area contributed by atoms with Crippen LogP contribution in [-0.4, -0.2) is 42.2 Å². The zero-order valence-electron chi connectivity index (χ0n) is 24.7. The maximum Gasteiger partial charge on any atom is 0.266 e. The number of benzene rings is 4. The summed E-state index contributed by atoms with van der Waals surface area (Å²) in [6.45, 7) is 1.03. The van der Waals surface area contributed by atoms with Crippen LogP contribution < -0.4 is 15.6 Å². The zero-order valence-corrected chi connectivity index (χ0v) is 27.8. The van der Waals surface area contributed by atoms with Crippen LogP contribution in [0.15, 0.2) is 123 Å². The van der Waals surface area contributed by atoms with Gasteiger partial charge >= 0.3 is 0 Å². The summed E-state index contributed by atoms with van der Waals surface area (Å²) in [6, 6.07) is 33.2. The molecular weight excluding hydrogens is 698 g/mol. The molecule has 4 aromatic rings. The number of rotatable bonds is 14. The number of nitrogens with zero attached hydrogens (tertiary/aromatic N) is 1. The molecule has 1 amide bonds. The zero-order chi connectivity index (χ0) is 31.5. The number of nitrogens with one attached hydrogen (secondary N) is 2. The van der Waals surface area contributed by atoms with Crippen molar-refractivity contribution in [2.45, 2.75) is 30.9 Å². The van der Waals surface area contributed by atoms with Gasteiger partial charge in [-0.05, 0) is 60.0 Å². The lowest BCUT2D eigenvalue weighted by molar-refractivity contribution is -0.129. The van der Waals surface area contributed by atoms with E-state index in [4.69, 9.17) is 19.6 Å². The topological polar surface area (TPSA) is 92.2 Å². The second-order valence-electron chi connectivity index (χ2n) is 10.6. The molecule has 5 rings (SSSR count). The van der Waals surface area contributed by atoms with Crippen molar-refractivity contribution >= 4 is 49.7 Å². The van der Waals surface area contributed by atoms with E-state index in [2.05, 4.69) is 54.8 Å². The fourth-order valence-corrected chi connectivity index (χ4v) is 5.78. The van der Waals surface area contributed by atoms with Crippen molar-refractivity contribution in [3.63, 3.8) is 0 Å². The third kappa shape index (κ3) is 8.49. The highest BCUT2D eigenvalue weighted by atomic mass is 79.9. The second kappa shape index (κ2) is 16.0. The molecule has 0 radical (unpaired) electrons. The van der Waals surface area contributed by atoms with Gasteiger partial charge in [0.25, 0.3) is 5.91 Å². The van der Waals surface area contributed by atoms with Crippen molar-refractivity contribution in [1.29, 1.82) is 0 Å². The molecule has 4 aromatic carbocycles. The number of carbonyl (C=O) groups is 1. The third-order valence-corrected chi connectivity index (χ3v) is 8.66. The summed E-state index contributed by atoms with van der Waals surface area (Å²) in [5.74, 6) is 0.754. The molecule has 0 saturated carbocycles. The Bertz CT molecular complexity index is 1610. The Morgan fingerprint density at radius 2 is 1.69 bits per heavy atom. The van der Waals surface area contributed by atoms with E-state index in [0.717, 1.165) is 37.6 Å². The molecule has 0 spiro atoms. The van der Waals surface area contributed by atoms with Gasteiger partial charge in [0, 0.05) is 46.1 Å². The largest absolute Gasteiger partial charge is 0.494 e. The fourth-order valence-electron chi connectivity index (χ4n) is 5.03. The summed E-state index contributed by atoms with van der Waals surface area (Å²) in [7, 11) is 0. The lowest BCUT2D eigenvalue weighted by Crippen LogP contribution is -2.52. The van der Waals surface area contributed by atoms with Gasteiger partial charge in [0.1, 0.15) is 5.75 Å². The van der Waals surface area contributed by atoms with E-state index in [1.807, 2.05) is 103 Å². The highest BCUT2D eigenvalue weighted by Crippen LogP contribution is 2.45. The molecule has 0 unspecified atom stereocenters. The van der Waals surface area contributed by atoms with Gasteiger partial charge < -0.3 is 14.6 Å². The molecule has 232 valence electrons. The number of hydrogen-bond donors (Lipinski definition) is 3. The molecule has 45 heavy (non-hydrogen) atoms. The predicted octanol–water partition coefficient (Wildman–Crippen LogP) is 7.20. The van der Waals surface area contributed by atoms with Gasteiger partial charge in [-0.15, -0.1) is 0 Å². The number of hydrogen-bond acceptors (Lipinski definition) is 6. The van der Waals surface area contributed by atoms with E-state index < -0.39 is 11.6 Å². The number of ether oxygens (including phenoxy) is 2. The molecule has 1 aliphatic heterocycles. The number of halogens is 2. The summed E-state index contributed by atoms with van der Waals surface area (Å²) in [5, 5.41) is 9.06. The van der Waals surface area contributed by atoms with Gasteiger partial charge in [0.05, 0.1) is 6.61 Å². The van der Waals surface area contributed by atoms with Crippen LogP contribution >= 0.6 is 31.9 Å². The highest BCUT2D eigenvalue weighted by Gasteiger charge is 2.53. The maximum absolute atomic E-state index is 14.3. The summed E-state index contributed by atoms with van der Waals surface area (Å²) in [4.78, 5) is 19.3. The van der Waals surface area contributed by atoms with Gasteiger partial charge in [-0.2, -0.15) is 0 Å². The number of hydrazine groups is 1. The normalized spacial score (nSPS) is 17.6. The van der Waals surface area contributed by atoms with Crippen molar-refractivity contribution in [3.05, 3.63) is 140 Å². The van der Waals surface area contributed by atoms with Crippen molar-refractivity contribution < 1.29 is 19.4 Å². The average Bonchev–Trinajstić information content (AvgIpc) is 3.45. The molecule has 2 atom stereocenters. The Balaban J connectivity index is 1.45. The van der Waals surface area contributed by atoms with Crippen LogP contribution in [0, 0.1) is 0 Å². The molecular formula is C36H35Br2N3O4. The number of aliphatic hydroxyl groups is 1. The molecule has 9 heteroatoms. The van der Waals surface area contributed by atoms with Crippen LogP contribution in [0.25, 0.3) is 6.08 Å². The number of carbonyl (C=O) groups excluding carboxylic acids is 1. The Morgan fingerprint density at radius 3 is 2.42 bits per heavy atom. The minimum Gasteiger partial charge on any atom is -0.494 e. The van der Waals surface area contributed by atoms with E-state index in [9.17, 15) is 4.79 Å². The Hall–Kier alpha value is -3.76. The maximum atomic E-state index is 14.3. The molecule has 3 N–H and O–H groups in total. The van der Waals surface area contributed by atoms with Crippen molar-refractivity contribution in [2.75, 3.05) is 19.8 Å². The first-order valence-electron chi connectivity index (χ1n) is 14.8. The molecule has 0 aromatic heterocycles. The molecule has 0 bridgehead atoms. The number of aliphatic hydroxyl groups excluding tert-OH is 1. The number of amides is 1. The predicted molar refractivity (Wildman–Crippen MR) is 185 cm³/mol. The summed E-state index contributed by atoms with van der Waals surface area (Å²) >= 11 is 7.16. The smallest absolute Gasteiger partial charge is 0.266 e. The Kier molecular flexibility index (Phi) is 11.6. The molecule has 1 aliphatic rings. The first kappa shape index (κ1) is 32.6. The minimum atomic E-state index is -1.31. The van der Waals surface area contributed by atoms with Crippen LogP contribution in [0.4, 0.5) is 0 Å². The van der Waals surface area contributed by atoms with Gasteiger partial charge in [-0.25, -0.2) is 10.4 Å². The van der Waals surface area contributed by atoms with Gasteiger partial charge in [-0.3, -0.25) is 10.2 Å². The molecule has 0 saturated heterocycles. The van der Waals surface area contributed by atoms with Crippen LogP contribution in [0.3, 0.4) is 0 Å². The van der Waals surface area contributed by atoms with Crippen LogP contribution in [0.5, 0.6) is 5.75 Å². The molecule has 1 heterocycles. The van der Waals surface area contributed by atoms with Crippen molar-refractivity contribution in [1.82, 2.24) is 10.9 Å². The lowest BCUT2D eigenvalue weighted by Gasteiger charge is -2.30. The molecule has 0 fully saturated rings. The summed E-state index contributed by atoms with van der Waals surface area (Å²) in [6.07, 6.45) is 4.85. The quantitative estimate of drug-likeness (QED) is 0.0943. The Morgan fingerprint density at radius 1 is 0.956 bits per heavy atom. The van der Waals surface area contributed by atoms with Crippen molar-refractivity contribution in [3.8, 4) is 5.75 Å². The SMILES string of the molecule is O=C(NNCCc1ccc(Br)cc1)[C@@]1(C/C=C/c2ccccc2)N=C(c2ccc(OCCCO)cc2)O[C@H]1c1ccccc1Br. The van der Waals surface area contributed by atoms with Gasteiger partial charge in [0.2, 0.25) is 5.90 Å². The Labute approximate surface area is 280 Å². The molecule has 0 aliphatic carbocycles. The van der Waals surface area contributed by atoms with E-state index in [0.29, 0.717) is 37.6 Å². The van der Waals surface area contributed by atoms with Crippen LogP contribution in [0.2, 0.25) is 0 Å². The first-order chi connectivity index (χ1) is 22.0. The van der Waals surface area contributed by atoms with E-state index in [1.165, 1.54) is 0 Å². The standard InChI is InChI=1S/C36H35Br2N3O4/c37-29-17-13-27(14-18-29)21-23-39-41-35(43)36(22-6-10-26-8-2-1-3-9-26)33(31-11-4-5-12-32(31)38)45-34(40-36)28-15-19-30(20-16-28)44-25-7-24-42/h1-6,8-20,33,39,42H,7,21-25H2,(H,41,43)/b10-6+/t33-,36-/m0/s1. The summed E-state index contributed by atoms with van der Waals surface area (Å²) in [5.41, 5.74) is 8.49. The van der Waals surface area contributed by atoms with Crippen molar-refractivity contribution in [2.24, 2.45) is 4.99 Å². The first-order valence-corrected chi connectivity index (χ1v) is 16.4. The lowest BCUT2D eigenvalue weighted by atomic mass is 9.84. The van der Waals surface area contributed by atoms with E-state index in [-0.39, 0.29) is 12.5 Å². The van der Waals surface area contributed by atoms with Crippen LogP contribution in [-0.2, 0) is 16.0 Å². The molecule has 7 nitrogen and oxygen atoms in total. The average molecular weight is 734 g/mol. The van der Waals surface area contributed by atoms with E-state index in [1.54, 1.807) is 0 Å². The monoisotopic (exact) mass is 731 g/mol. The van der Waals surface area contributed by atoms with Gasteiger partial charge in [0.15, 0.2) is 11.6 Å². The highest BCUT2D eigenvalue weighted by molar-refractivity contribution is 9.10. The third-order valence-electron chi connectivity index (χ3n) is 7.41. The van der Waals surface area contributed by atoms with Gasteiger partial charge in [-0.1, -0.05) is 105 Å².